The van der Waals surface area contributed by atoms with Gasteiger partial charge in [0.2, 0.25) is 0 Å². The van der Waals surface area contributed by atoms with E-state index in [1.54, 1.807) is 36.6 Å². The second-order valence-electron chi connectivity index (χ2n) is 9.44. The standard InChI is InChI=1S/C26H31N3O7S3/c1-18-15-29(19(2)17-30)26(31)21-11-7-12-22(27-38(32,33)20-9-5-4-6-10-20)25(21)36-23(18)16-28(3)39(34,35)24-13-8-14-37-24/h4-14,18-19,23,27,30H,15-17H2,1-3H3/t18-,19-,23+/m1/s1. The fourth-order valence-electron chi connectivity index (χ4n) is 4.26. The number of carbonyl (C=O) groups excluding carboxylic acids is 1. The molecule has 0 radical (unpaired) electrons. The van der Waals surface area contributed by atoms with Gasteiger partial charge in [-0.2, -0.15) is 4.31 Å². The summed E-state index contributed by atoms with van der Waals surface area (Å²) in [5.41, 5.74) is 0.147. The van der Waals surface area contributed by atoms with Gasteiger partial charge < -0.3 is 14.7 Å². The molecular weight excluding hydrogens is 563 g/mol. The van der Waals surface area contributed by atoms with Crippen molar-refractivity contribution in [2.45, 2.75) is 35.1 Å². The topological polar surface area (TPSA) is 133 Å². The van der Waals surface area contributed by atoms with Crippen molar-refractivity contribution in [2.75, 3.05) is 31.5 Å². The summed E-state index contributed by atoms with van der Waals surface area (Å²) in [6.07, 6.45) is -0.757. The summed E-state index contributed by atoms with van der Waals surface area (Å²) in [6.45, 7) is 3.37. The van der Waals surface area contributed by atoms with Crippen molar-refractivity contribution >= 4 is 43.0 Å². The monoisotopic (exact) mass is 593 g/mol. The molecule has 3 aromatic rings. The molecule has 2 aromatic carbocycles. The third-order valence-electron chi connectivity index (χ3n) is 6.59. The molecule has 0 unspecified atom stereocenters. The van der Waals surface area contributed by atoms with Gasteiger partial charge in [-0.05, 0) is 42.6 Å². The predicted molar refractivity (Wildman–Crippen MR) is 149 cm³/mol. The van der Waals surface area contributed by atoms with Crippen LogP contribution in [0.2, 0.25) is 0 Å². The number of sulfonamides is 2. The van der Waals surface area contributed by atoms with Crippen molar-refractivity contribution in [2.24, 2.45) is 5.92 Å². The second kappa shape index (κ2) is 11.6. The molecule has 3 atom stereocenters. The molecule has 1 aliphatic rings. The third-order valence-corrected chi connectivity index (χ3v) is 11.2. The minimum Gasteiger partial charge on any atom is -0.486 e. The molecule has 0 aliphatic carbocycles. The number of rotatable bonds is 9. The molecule has 13 heteroatoms. The van der Waals surface area contributed by atoms with Crippen LogP contribution in [-0.4, -0.2) is 75.9 Å². The van der Waals surface area contributed by atoms with E-state index in [9.17, 15) is 26.7 Å². The molecule has 1 aliphatic heterocycles. The largest absolute Gasteiger partial charge is 0.486 e. The Hall–Kier alpha value is -2.97. The van der Waals surface area contributed by atoms with E-state index in [2.05, 4.69) is 4.72 Å². The molecule has 39 heavy (non-hydrogen) atoms. The number of anilines is 1. The lowest BCUT2D eigenvalue weighted by atomic mass is 9.99. The minimum absolute atomic E-state index is 0.00406. The molecule has 210 valence electrons. The number of likely N-dealkylation sites (N-methyl/N-ethyl adjacent to an activating group) is 1. The van der Waals surface area contributed by atoms with E-state index in [1.807, 2.05) is 6.92 Å². The van der Waals surface area contributed by atoms with Crippen molar-refractivity contribution in [3.8, 4) is 5.75 Å². The lowest BCUT2D eigenvalue weighted by Crippen LogP contribution is -2.50. The molecule has 2 heterocycles. The molecule has 4 rings (SSSR count). The summed E-state index contributed by atoms with van der Waals surface area (Å²) in [7, 11) is -6.37. The molecular formula is C26H31N3O7S3. The molecule has 0 saturated carbocycles. The zero-order valence-corrected chi connectivity index (χ0v) is 24.2. The molecule has 0 spiro atoms. The zero-order valence-electron chi connectivity index (χ0n) is 21.7. The van der Waals surface area contributed by atoms with Gasteiger partial charge in [0.05, 0.1) is 35.3 Å². The van der Waals surface area contributed by atoms with Gasteiger partial charge in [-0.25, -0.2) is 16.8 Å². The van der Waals surface area contributed by atoms with Crippen LogP contribution in [0.15, 0.2) is 75.1 Å². The van der Waals surface area contributed by atoms with Gasteiger partial charge in [-0.1, -0.05) is 37.3 Å². The van der Waals surface area contributed by atoms with Gasteiger partial charge in [0, 0.05) is 19.5 Å². The average Bonchev–Trinajstić information content (AvgIpc) is 3.47. The van der Waals surface area contributed by atoms with E-state index < -0.39 is 38.1 Å². The first-order chi connectivity index (χ1) is 18.5. The number of para-hydroxylation sites is 1. The number of carbonyl (C=O) groups is 1. The van der Waals surface area contributed by atoms with E-state index in [4.69, 9.17) is 4.74 Å². The number of nitrogens with one attached hydrogen (secondary N) is 1. The highest BCUT2D eigenvalue weighted by molar-refractivity contribution is 7.92. The lowest BCUT2D eigenvalue weighted by molar-refractivity contribution is 0.0389. The summed E-state index contributed by atoms with van der Waals surface area (Å²) in [5.74, 6) is -0.816. The first kappa shape index (κ1) is 29.0. The summed E-state index contributed by atoms with van der Waals surface area (Å²) in [4.78, 5) is 15.2. The Morgan fingerprint density at radius 1 is 1.10 bits per heavy atom. The number of benzene rings is 2. The van der Waals surface area contributed by atoms with Crippen LogP contribution in [0.4, 0.5) is 5.69 Å². The lowest BCUT2D eigenvalue weighted by Gasteiger charge is -2.38. The second-order valence-corrected chi connectivity index (χ2v) is 14.3. The highest BCUT2D eigenvalue weighted by Gasteiger charge is 2.36. The van der Waals surface area contributed by atoms with Gasteiger partial charge in [-0.3, -0.25) is 9.52 Å². The van der Waals surface area contributed by atoms with Crippen LogP contribution in [0, 0.1) is 5.92 Å². The van der Waals surface area contributed by atoms with Crippen molar-refractivity contribution in [3.05, 3.63) is 71.6 Å². The van der Waals surface area contributed by atoms with Gasteiger partial charge in [0.15, 0.2) is 5.75 Å². The fraction of sp³-hybridized carbons (Fsp3) is 0.346. The maximum absolute atomic E-state index is 13.6. The van der Waals surface area contributed by atoms with Gasteiger partial charge in [0.25, 0.3) is 26.0 Å². The maximum atomic E-state index is 13.6. The van der Waals surface area contributed by atoms with Crippen molar-refractivity contribution in [1.82, 2.24) is 9.21 Å². The summed E-state index contributed by atoms with van der Waals surface area (Å²) >= 11 is 1.10. The van der Waals surface area contributed by atoms with Crippen molar-refractivity contribution in [1.29, 1.82) is 0 Å². The molecule has 10 nitrogen and oxygen atoms in total. The van der Waals surface area contributed by atoms with Crippen LogP contribution in [0.3, 0.4) is 0 Å². The van der Waals surface area contributed by atoms with Crippen LogP contribution >= 0.6 is 11.3 Å². The smallest absolute Gasteiger partial charge is 0.262 e. The highest BCUT2D eigenvalue weighted by atomic mass is 32.2. The van der Waals surface area contributed by atoms with Crippen LogP contribution in [0.5, 0.6) is 5.75 Å². The Kier molecular flexibility index (Phi) is 8.66. The maximum Gasteiger partial charge on any atom is 0.262 e. The Labute approximate surface area is 232 Å². The molecule has 0 fully saturated rings. The van der Waals surface area contributed by atoms with Crippen LogP contribution in [0.25, 0.3) is 0 Å². The number of hydrogen-bond acceptors (Lipinski definition) is 8. The van der Waals surface area contributed by atoms with Crippen LogP contribution in [0.1, 0.15) is 24.2 Å². The van der Waals surface area contributed by atoms with Gasteiger partial charge in [0.1, 0.15) is 10.3 Å². The first-order valence-electron chi connectivity index (χ1n) is 12.2. The predicted octanol–water partition coefficient (Wildman–Crippen LogP) is 3.09. The number of aliphatic hydroxyl groups is 1. The number of hydrogen-bond donors (Lipinski definition) is 2. The molecule has 0 saturated heterocycles. The van der Waals surface area contributed by atoms with Gasteiger partial charge >= 0.3 is 0 Å². The molecule has 1 amide bonds. The van der Waals surface area contributed by atoms with Crippen molar-refractivity contribution in [3.63, 3.8) is 0 Å². The number of amides is 1. The normalized spacial score (nSPS) is 19.1. The minimum atomic E-state index is -4.03. The quantitative estimate of drug-likeness (QED) is 0.390. The van der Waals surface area contributed by atoms with Gasteiger partial charge in [-0.15, -0.1) is 11.3 Å². The number of nitrogens with zero attached hydrogens (tertiary/aromatic N) is 2. The Balaban J connectivity index is 1.77. The Morgan fingerprint density at radius 3 is 2.46 bits per heavy atom. The van der Waals surface area contributed by atoms with E-state index in [1.165, 1.54) is 52.7 Å². The number of thiophene rings is 1. The van der Waals surface area contributed by atoms with Crippen LogP contribution in [-0.2, 0) is 20.0 Å². The zero-order chi connectivity index (χ0) is 28.4. The fourth-order valence-corrected chi connectivity index (χ4v) is 7.73. The Bertz CT molecular complexity index is 1510. The van der Waals surface area contributed by atoms with E-state index >= 15 is 0 Å². The number of ether oxygens (including phenoxy) is 1. The van der Waals surface area contributed by atoms with E-state index in [0.717, 1.165) is 11.3 Å². The number of fused-ring (bicyclic) bond motifs is 1. The summed E-state index contributed by atoms with van der Waals surface area (Å²) in [5, 5.41) is 11.5. The molecule has 1 aromatic heterocycles. The third kappa shape index (κ3) is 6.12. The van der Waals surface area contributed by atoms with E-state index in [-0.39, 0.29) is 51.7 Å². The highest BCUT2D eigenvalue weighted by Crippen LogP contribution is 2.36. The van der Waals surface area contributed by atoms with Crippen LogP contribution < -0.4 is 9.46 Å². The summed E-state index contributed by atoms with van der Waals surface area (Å²) in [6, 6.07) is 15.0. The molecule has 0 bridgehead atoms. The molecule has 2 N–H and O–H groups in total. The van der Waals surface area contributed by atoms with Crippen molar-refractivity contribution < 1.29 is 31.5 Å². The number of aliphatic hydroxyl groups excluding tert-OH is 1. The summed E-state index contributed by atoms with van der Waals surface area (Å²) < 4.78 is 62.8. The van der Waals surface area contributed by atoms with E-state index in [0.29, 0.717) is 0 Å². The SMILES string of the molecule is C[C@@H]1CN([C@H](C)CO)C(=O)c2cccc(NS(=O)(=O)c3ccccc3)c2O[C@H]1CN(C)S(=O)(=O)c1cccs1. The first-order valence-corrected chi connectivity index (χ1v) is 16.0. The Morgan fingerprint density at radius 2 is 1.82 bits per heavy atom. The average molecular weight is 594 g/mol.